The molecule has 0 radical (unpaired) electrons. The molecule has 0 bridgehead atoms. The van der Waals surface area contributed by atoms with Crippen LogP contribution in [0.4, 0.5) is 0 Å². The van der Waals surface area contributed by atoms with Gasteiger partial charge in [-0.1, -0.05) is 18.2 Å². The summed E-state index contributed by atoms with van der Waals surface area (Å²) < 4.78 is 9.66. The highest BCUT2D eigenvalue weighted by Gasteiger charge is 2.00. The third-order valence-corrected chi connectivity index (χ3v) is 1.81. The van der Waals surface area contributed by atoms with E-state index in [4.69, 9.17) is 10.00 Å². The maximum absolute atomic E-state index is 10.9. The van der Waals surface area contributed by atoms with Gasteiger partial charge in [0, 0.05) is 11.6 Å². The molecule has 0 aromatic heterocycles. The Hall–Kier alpha value is -2.28. The smallest absolute Gasteiger partial charge is 0.330 e. The molecule has 0 N–H and O–H groups in total. The number of benzene rings is 1. The molecule has 0 heterocycles. The zero-order valence-corrected chi connectivity index (χ0v) is 8.84. The lowest BCUT2D eigenvalue weighted by Gasteiger charge is -2.04. The predicted octanol–water partition coefficient (Wildman–Crippen LogP) is 1.78. The summed E-state index contributed by atoms with van der Waals surface area (Å²) in [5, 5.41) is 8.41. The van der Waals surface area contributed by atoms with Crippen LogP contribution in [-0.2, 0) is 9.53 Å². The lowest BCUT2D eigenvalue weighted by molar-refractivity contribution is -0.134. The molecule has 82 valence electrons. The summed E-state index contributed by atoms with van der Waals surface area (Å²) in [6, 6.07) is 9.01. The van der Waals surface area contributed by atoms with E-state index in [9.17, 15) is 4.79 Å². The van der Waals surface area contributed by atoms with Crippen molar-refractivity contribution in [2.45, 2.75) is 0 Å². The van der Waals surface area contributed by atoms with Gasteiger partial charge >= 0.3 is 5.97 Å². The van der Waals surface area contributed by atoms with E-state index in [1.165, 1.54) is 13.2 Å². The van der Waals surface area contributed by atoms with Gasteiger partial charge in [0.15, 0.2) is 6.61 Å². The molecule has 0 atom stereocenters. The van der Waals surface area contributed by atoms with E-state index in [0.717, 1.165) is 5.56 Å². The first kappa shape index (κ1) is 11.8. The van der Waals surface area contributed by atoms with Crippen LogP contribution in [0.3, 0.4) is 0 Å². The van der Waals surface area contributed by atoms with Gasteiger partial charge in [-0.05, 0) is 12.1 Å². The number of esters is 1. The molecule has 0 saturated carbocycles. The van der Waals surface area contributed by atoms with Crippen molar-refractivity contribution in [1.82, 2.24) is 0 Å². The predicted molar refractivity (Wildman–Crippen MR) is 58.6 cm³/mol. The first-order valence-electron chi connectivity index (χ1n) is 4.62. The second-order valence-electron chi connectivity index (χ2n) is 2.84. The van der Waals surface area contributed by atoms with Crippen molar-refractivity contribution in [3.8, 4) is 11.8 Å². The van der Waals surface area contributed by atoms with Gasteiger partial charge in [-0.15, -0.1) is 0 Å². The standard InChI is InChI=1S/C12H11NO3/c1-15-12(14)7-6-10-4-2-3-5-11(10)16-9-8-13/h2-7H,9H2,1H3/b7-6+. The van der Waals surface area contributed by atoms with E-state index in [1.807, 2.05) is 12.1 Å². The van der Waals surface area contributed by atoms with E-state index in [1.54, 1.807) is 24.3 Å². The summed E-state index contributed by atoms with van der Waals surface area (Å²) in [5.41, 5.74) is 0.725. The summed E-state index contributed by atoms with van der Waals surface area (Å²) in [6.07, 6.45) is 2.88. The third kappa shape index (κ3) is 3.46. The highest BCUT2D eigenvalue weighted by Crippen LogP contribution is 2.19. The van der Waals surface area contributed by atoms with E-state index < -0.39 is 5.97 Å². The minimum Gasteiger partial charge on any atom is -0.478 e. The SMILES string of the molecule is COC(=O)/C=C/c1ccccc1OCC#N. The molecule has 0 aliphatic rings. The molecule has 0 aliphatic carbocycles. The Morgan fingerprint density at radius 2 is 2.25 bits per heavy atom. The van der Waals surface area contributed by atoms with Crippen LogP contribution in [0.5, 0.6) is 5.75 Å². The second kappa shape index (κ2) is 6.25. The molecule has 0 saturated heterocycles. The number of nitrogens with zero attached hydrogens (tertiary/aromatic N) is 1. The molecule has 1 aromatic carbocycles. The van der Waals surface area contributed by atoms with Crippen LogP contribution in [0.25, 0.3) is 6.08 Å². The molecular weight excluding hydrogens is 206 g/mol. The number of methoxy groups -OCH3 is 1. The van der Waals surface area contributed by atoms with Crippen molar-refractivity contribution >= 4 is 12.0 Å². The van der Waals surface area contributed by atoms with Gasteiger partial charge in [0.2, 0.25) is 0 Å². The number of nitriles is 1. The lowest BCUT2D eigenvalue weighted by Crippen LogP contribution is -1.96. The summed E-state index contributed by atoms with van der Waals surface area (Å²) in [4.78, 5) is 10.9. The molecule has 0 aliphatic heterocycles. The fourth-order valence-electron chi connectivity index (χ4n) is 1.09. The fraction of sp³-hybridized carbons (Fsp3) is 0.167. The summed E-state index contributed by atoms with van der Waals surface area (Å²) in [6.45, 7) is -0.0247. The maximum Gasteiger partial charge on any atom is 0.330 e. The Bertz CT molecular complexity index is 432. The maximum atomic E-state index is 10.9. The number of rotatable bonds is 4. The van der Waals surface area contributed by atoms with E-state index >= 15 is 0 Å². The van der Waals surface area contributed by atoms with E-state index in [0.29, 0.717) is 5.75 Å². The Labute approximate surface area is 93.7 Å². The van der Waals surface area contributed by atoms with Crippen molar-refractivity contribution in [3.05, 3.63) is 35.9 Å². The van der Waals surface area contributed by atoms with Crippen molar-refractivity contribution < 1.29 is 14.3 Å². The van der Waals surface area contributed by atoms with Crippen LogP contribution in [0.2, 0.25) is 0 Å². The third-order valence-electron chi connectivity index (χ3n) is 1.81. The monoisotopic (exact) mass is 217 g/mol. The van der Waals surface area contributed by atoms with Crippen LogP contribution in [0.15, 0.2) is 30.3 Å². The molecule has 16 heavy (non-hydrogen) atoms. The van der Waals surface area contributed by atoms with Crippen LogP contribution in [-0.4, -0.2) is 19.7 Å². The van der Waals surface area contributed by atoms with Crippen molar-refractivity contribution in [1.29, 1.82) is 5.26 Å². The largest absolute Gasteiger partial charge is 0.478 e. The minimum absolute atomic E-state index is 0.0247. The average molecular weight is 217 g/mol. The van der Waals surface area contributed by atoms with Crippen LogP contribution < -0.4 is 4.74 Å². The highest BCUT2D eigenvalue weighted by atomic mass is 16.5. The second-order valence-corrected chi connectivity index (χ2v) is 2.84. The first-order valence-corrected chi connectivity index (χ1v) is 4.62. The molecule has 0 spiro atoms. The van der Waals surface area contributed by atoms with Gasteiger partial charge in [0.05, 0.1) is 7.11 Å². The Morgan fingerprint density at radius 3 is 2.94 bits per heavy atom. The van der Waals surface area contributed by atoms with Gasteiger partial charge in [-0.2, -0.15) is 5.26 Å². The fourth-order valence-corrected chi connectivity index (χ4v) is 1.09. The van der Waals surface area contributed by atoms with Crippen LogP contribution in [0.1, 0.15) is 5.56 Å². The van der Waals surface area contributed by atoms with Gasteiger partial charge in [0.1, 0.15) is 11.8 Å². The molecule has 0 fully saturated rings. The minimum atomic E-state index is -0.435. The number of para-hydroxylation sites is 1. The summed E-state index contributed by atoms with van der Waals surface area (Å²) >= 11 is 0. The zero-order chi connectivity index (χ0) is 11.8. The molecule has 4 nitrogen and oxygen atoms in total. The first-order chi connectivity index (χ1) is 7.77. The molecule has 0 unspecified atom stereocenters. The molecule has 0 amide bonds. The van der Waals surface area contributed by atoms with Gasteiger partial charge < -0.3 is 9.47 Å². The van der Waals surface area contributed by atoms with Gasteiger partial charge in [-0.25, -0.2) is 4.79 Å². The lowest BCUT2D eigenvalue weighted by atomic mass is 10.2. The number of carbonyl (C=O) groups is 1. The Kier molecular flexibility index (Phi) is 4.61. The average Bonchev–Trinajstić information content (AvgIpc) is 2.34. The van der Waals surface area contributed by atoms with E-state index in [2.05, 4.69) is 4.74 Å². The summed E-state index contributed by atoms with van der Waals surface area (Å²) in [5.74, 6) is 0.124. The number of hydrogen-bond acceptors (Lipinski definition) is 4. The quantitative estimate of drug-likeness (QED) is 0.569. The Morgan fingerprint density at radius 1 is 1.50 bits per heavy atom. The van der Waals surface area contributed by atoms with Crippen LogP contribution >= 0.6 is 0 Å². The highest BCUT2D eigenvalue weighted by molar-refractivity contribution is 5.87. The molecule has 1 aromatic rings. The van der Waals surface area contributed by atoms with Gasteiger partial charge in [0.25, 0.3) is 0 Å². The molecule has 4 heteroatoms. The summed E-state index contributed by atoms with van der Waals surface area (Å²) in [7, 11) is 1.31. The van der Waals surface area contributed by atoms with Gasteiger partial charge in [-0.3, -0.25) is 0 Å². The topological polar surface area (TPSA) is 59.3 Å². The van der Waals surface area contributed by atoms with Crippen LogP contribution in [0, 0.1) is 11.3 Å². The zero-order valence-electron chi connectivity index (χ0n) is 8.84. The number of ether oxygens (including phenoxy) is 2. The number of carbonyl (C=O) groups excluding carboxylic acids is 1. The van der Waals surface area contributed by atoms with E-state index in [-0.39, 0.29) is 6.61 Å². The van der Waals surface area contributed by atoms with Crippen molar-refractivity contribution in [3.63, 3.8) is 0 Å². The Balaban J connectivity index is 2.83. The van der Waals surface area contributed by atoms with Crippen molar-refractivity contribution in [2.75, 3.05) is 13.7 Å². The van der Waals surface area contributed by atoms with Crippen molar-refractivity contribution in [2.24, 2.45) is 0 Å². The molecule has 1 rings (SSSR count). The molecular formula is C12H11NO3. The number of hydrogen-bond donors (Lipinski definition) is 0. The normalized spacial score (nSPS) is 9.75.